The van der Waals surface area contributed by atoms with Gasteiger partial charge in [-0.15, -0.1) is 0 Å². The molecule has 0 bridgehead atoms. The van der Waals surface area contributed by atoms with E-state index in [2.05, 4.69) is 40.8 Å². The van der Waals surface area contributed by atoms with Gasteiger partial charge in [-0.1, -0.05) is 19.9 Å². The molecule has 0 aliphatic carbocycles. The normalized spacial score (nSPS) is 10.8. The van der Waals surface area contributed by atoms with Gasteiger partial charge in [0.15, 0.2) is 0 Å². The number of hydrogen-bond acceptors (Lipinski definition) is 3. The number of imidazole rings is 1. The molecule has 0 spiro atoms. The van der Waals surface area contributed by atoms with Crippen LogP contribution in [0.25, 0.3) is 0 Å². The molecule has 0 saturated carbocycles. The maximum atomic E-state index is 5.47. The van der Waals surface area contributed by atoms with Crippen molar-refractivity contribution in [1.82, 2.24) is 14.9 Å². The van der Waals surface area contributed by atoms with Gasteiger partial charge in [-0.3, -0.25) is 0 Å². The Morgan fingerprint density at radius 3 is 2.85 bits per heavy atom. The number of methoxy groups -OCH3 is 1. The van der Waals surface area contributed by atoms with Gasteiger partial charge in [0.1, 0.15) is 11.6 Å². The Kier molecular flexibility index (Phi) is 5.18. The van der Waals surface area contributed by atoms with Gasteiger partial charge in [-0.05, 0) is 24.2 Å². The summed E-state index contributed by atoms with van der Waals surface area (Å²) in [7, 11) is 1.72. The molecule has 4 nitrogen and oxygen atoms in total. The molecular weight excluding hydrogens is 250 g/mol. The Morgan fingerprint density at radius 2 is 2.15 bits per heavy atom. The van der Waals surface area contributed by atoms with Crippen molar-refractivity contribution < 1.29 is 4.74 Å². The van der Waals surface area contributed by atoms with Crippen molar-refractivity contribution in [2.75, 3.05) is 13.7 Å². The largest absolute Gasteiger partial charge is 0.496 e. The van der Waals surface area contributed by atoms with E-state index in [1.807, 2.05) is 18.5 Å². The highest BCUT2D eigenvalue weighted by Crippen LogP contribution is 2.21. The minimum Gasteiger partial charge on any atom is -0.496 e. The summed E-state index contributed by atoms with van der Waals surface area (Å²) in [5.74, 6) is 2.03. The molecule has 2 rings (SSSR count). The van der Waals surface area contributed by atoms with E-state index >= 15 is 0 Å². The Morgan fingerprint density at radius 1 is 1.30 bits per heavy atom. The Balaban J connectivity index is 2.24. The second-order valence-corrected chi connectivity index (χ2v) is 4.75. The average Bonchev–Trinajstić information content (AvgIpc) is 2.92. The van der Waals surface area contributed by atoms with E-state index in [4.69, 9.17) is 4.74 Å². The summed E-state index contributed by atoms with van der Waals surface area (Å²) in [6.45, 7) is 6.90. The molecule has 20 heavy (non-hydrogen) atoms. The summed E-state index contributed by atoms with van der Waals surface area (Å²) >= 11 is 0. The van der Waals surface area contributed by atoms with Crippen LogP contribution < -0.4 is 10.1 Å². The number of ether oxygens (including phenoxy) is 1. The van der Waals surface area contributed by atoms with Crippen molar-refractivity contribution in [2.24, 2.45) is 0 Å². The molecule has 0 radical (unpaired) electrons. The van der Waals surface area contributed by atoms with Crippen molar-refractivity contribution in [3.63, 3.8) is 0 Å². The number of rotatable bonds is 7. The summed E-state index contributed by atoms with van der Waals surface area (Å²) in [6.07, 6.45) is 4.81. The molecular formula is C16H23N3O. The van der Waals surface area contributed by atoms with Gasteiger partial charge in [0.05, 0.1) is 13.7 Å². The first-order valence-corrected chi connectivity index (χ1v) is 7.15. The standard InChI is InChI=1S/C16H23N3O/c1-4-16-18-8-9-19(16)12-14-10-13(11-17-5-2)6-7-15(14)20-3/h6-10,17H,4-5,11-12H2,1-3H3. The van der Waals surface area contributed by atoms with E-state index in [9.17, 15) is 0 Å². The van der Waals surface area contributed by atoms with E-state index < -0.39 is 0 Å². The second kappa shape index (κ2) is 7.10. The molecule has 0 fully saturated rings. The van der Waals surface area contributed by atoms with E-state index in [0.29, 0.717) is 0 Å². The lowest BCUT2D eigenvalue weighted by molar-refractivity contribution is 0.408. The monoisotopic (exact) mass is 273 g/mol. The van der Waals surface area contributed by atoms with Gasteiger partial charge in [0, 0.05) is 30.9 Å². The summed E-state index contributed by atoms with van der Waals surface area (Å²) in [6, 6.07) is 6.37. The lowest BCUT2D eigenvalue weighted by atomic mass is 10.1. The van der Waals surface area contributed by atoms with Crippen molar-refractivity contribution in [1.29, 1.82) is 0 Å². The highest BCUT2D eigenvalue weighted by atomic mass is 16.5. The molecule has 4 heteroatoms. The maximum Gasteiger partial charge on any atom is 0.123 e. The molecule has 108 valence electrons. The molecule has 1 heterocycles. The molecule has 0 aliphatic rings. The zero-order valence-corrected chi connectivity index (χ0v) is 12.5. The van der Waals surface area contributed by atoms with Gasteiger partial charge < -0.3 is 14.6 Å². The second-order valence-electron chi connectivity index (χ2n) is 4.75. The Hall–Kier alpha value is -1.81. The predicted molar refractivity (Wildman–Crippen MR) is 81.1 cm³/mol. The average molecular weight is 273 g/mol. The first-order chi connectivity index (χ1) is 9.78. The molecule has 1 aromatic carbocycles. The fourth-order valence-electron chi connectivity index (χ4n) is 2.32. The topological polar surface area (TPSA) is 39.1 Å². The SMILES string of the molecule is CCNCc1ccc(OC)c(Cn2ccnc2CC)c1. The minimum atomic E-state index is 0.798. The summed E-state index contributed by atoms with van der Waals surface area (Å²) in [5, 5.41) is 3.35. The summed E-state index contributed by atoms with van der Waals surface area (Å²) < 4.78 is 7.65. The lowest BCUT2D eigenvalue weighted by Crippen LogP contribution is -2.12. The van der Waals surface area contributed by atoms with Crippen molar-refractivity contribution in [3.05, 3.63) is 47.5 Å². The van der Waals surface area contributed by atoms with Crippen LogP contribution >= 0.6 is 0 Å². The highest BCUT2D eigenvalue weighted by Gasteiger charge is 2.07. The smallest absolute Gasteiger partial charge is 0.123 e. The van der Waals surface area contributed by atoms with E-state index in [-0.39, 0.29) is 0 Å². The highest BCUT2D eigenvalue weighted by molar-refractivity contribution is 5.37. The van der Waals surface area contributed by atoms with Gasteiger partial charge in [-0.2, -0.15) is 0 Å². The van der Waals surface area contributed by atoms with Crippen LogP contribution in [0.1, 0.15) is 30.8 Å². The van der Waals surface area contributed by atoms with Gasteiger partial charge in [-0.25, -0.2) is 4.98 Å². The lowest BCUT2D eigenvalue weighted by Gasteiger charge is -2.13. The number of nitrogens with one attached hydrogen (secondary N) is 1. The van der Waals surface area contributed by atoms with Crippen LogP contribution in [0.2, 0.25) is 0 Å². The number of hydrogen-bond donors (Lipinski definition) is 1. The number of aromatic nitrogens is 2. The van der Waals surface area contributed by atoms with Crippen molar-refractivity contribution in [2.45, 2.75) is 33.4 Å². The Bertz CT molecular complexity index is 548. The molecule has 0 saturated heterocycles. The fraction of sp³-hybridized carbons (Fsp3) is 0.438. The van der Waals surface area contributed by atoms with Crippen LogP contribution in [-0.4, -0.2) is 23.2 Å². The van der Waals surface area contributed by atoms with Crippen LogP contribution in [0.15, 0.2) is 30.6 Å². The number of aryl methyl sites for hydroxylation is 1. The number of nitrogens with zero attached hydrogens (tertiary/aromatic N) is 2. The molecule has 0 amide bonds. The van der Waals surface area contributed by atoms with Gasteiger partial charge >= 0.3 is 0 Å². The fourth-order valence-corrected chi connectivity index (χ4v) is 2.32. The molecule has 1 aromatic heterocycles. The molecule has 0 atom stereocenters. The van der Waals surface area contributed by atoms with E-state index in [1.54, 1.807) is 7.11 Å². The molecule has 2 aromatic rings. The van der Waals surface area contributed by atoms with Crippen LogP contribution in [0, 0.1) is 0 Å². The third kappa shape index (κ3) is 3.39. The van der Waals surface area contributed by atoms with Crippen LogP contribution in [0.5, 0.6) is 5.75 Å². The minimum absolute atomic E-state index is 0.798. The molecule has 1 N–H and O–H groups in total. The van der Waals surface area contributed by atoms with Crippen molar-refractivity contribution in [3.8, 4) is 5.75 Å². The zero-order valence-electron chi connectivity index (χ0n) is 12.5. The van der Waals surface area contributed by atoms with Crippen molar-refractivity contribution >= 4 is 0 Å². The quantitative estimate of drug-likeness (QED) is 0.843. The maximum absolute atomic E-state index is 5.47. The van der Waals surface area contributed by atoms with Gasteiger partial charge in [0.25, 0.3) is 0 Å². The third-order valence-corrected chi connectivity index (χ3v) is 3.38. The third-order valence-electron chi connectivity index (χ3n) is 3.38. The molecule has 0 aliphatic heterocycles. The van der Waals surface area contributed by atoms with Crippen LogP contribution in [0.4, 0.5) is 0 Å². The first-order valence-electron chi connectivity index (χ1n) is 7.15. The van der Waals surface area contributed by atoms with Gasteiger partial charge in [0.2, 0.25) is 0 Å². The number of benzene rings is 1. The van der Waals surface area contributed by atoms with E-state index in [1.165, 1.54) is 11.1 Å². The molecule has 0 unspecified atom stereocenters. The summed E-state index contributed by atoms with van der Waals surface area (Å²) in [4.78, 5) is 4.37. The van der Waals surface area contributed by atoms with E-state index in [0.717, 1.165) is 37.6 Å². The predicted octanol–water partition coefficient (Wildman–Crippen LogP) is 2.61. The Labute approximate surface area is 120 Å². The van der Waals surface area contributed by atoms with Crippen LogP contribution in [-0.2, 0) is 19.5 Å². The first kappa shape index (κ1) is 14.6. The summed E-state index contributed by atoms with van der Waals surface area (Å²) in [5.41, 5.74) is 2.47. The zero-order chi connectivity index (χ0) is 14.4. The van der Waals surface area contributed by atoms with Crippen LogP contribution in [0.3, 0.4) is 0 Å².